The highest BCUT2D eigenvalue weighted by molar-refractivity contribution is 6.29. The molecule has 0 saturated heterocycles. The lowest BCUT2D eigenvalue weighted by atomic mass is 10.1. The summed E-state index contributed by atoms with van der Waals surface area (Å²) in [6.07, 6.45) is 1.54. The third-order valence-electron chi connectivity index (χ3n) is 2.82. The van der Waals surface area contributed by atoms with Gasteiger partial charge >= 0.3 is 0 Å². The number of aryl methyl sites for hydroxylation is 1. The van der Waals surface area contributed by atoms with E-state index in [9.17, 15) is 4.79 Å². The first-order chi connectivity index (χ1) is 9.06. The Balaban J connectivity index is 2.12. The summed E-state index contributed by atoms with van der Waals surface area (Å²) in [5.41, 5.74) is 2.84. The van der Waals surface area contributed by atoms with Crippen LogP contribution in [0.15, 0.2) is 42.6 Å². The molecule has 1 aromatic carbocycles. The second kappa shape index (κ2) is 5.85. The highest BCUT2D eigenvalue weighted by Gasteiger charge is 2.12. The van der Waals surface area contributed by atoms with Gasteiger partial charge in [0.05, 0.1) is 0 Å². The zero-order valence-corrected chi connectivity index (χ0v) is 11.7. The Bertz CT molecular complexity index is 598. The molecule has 98 valence electrons. The smallest absolute Gasteiger partial charge is 0.254 e. The molecule has 0 fully saturated rings. The summed E-state index contributed by atoms with van der Waals surface area (Å²) in [5.74, 6) is -0.0641. The average Bonchev–Trinajstić information content (AvgIpc) is 2.38. The van der Waals surface area contributed by atoms with E-state index in [4.69, 9.17) is 11.6 Å². The van der Waals surface area contributed by atoms with Gasteiger partial charge < -0.3 is 4.90 Å². The van der Waals surface area contributed by atoms with Crippen molar-refractivity contribution in [2.45, 2.75) is 13.5 Å². The minimum atomic E-state index is -0.0641. The van der Waals surface area contributed by atoms with Gasteiger partial charge in [-0.3, -0.25) is 4.79 Å². The third kappa shape index (κ3) is 3.55. The molecule has 19 heavy (non-hydrogen) atoms. The van der Waals surface area contributed by atoms with Gasteiger partial charge in [0, 0.05) is 25.4 Å². The highest BCUT2D eigenvalue weighted by Crippen LogP contribution is 2.12. The van der Waals surface area contributed by atoms with Crippen molar-refractivity contribution in [2.24, 2.45) is 0 Å². The van der Waals surface area contributed by atoms with Gasteiger partial charge in [0.25, 0.3) is 5.91 Å². The molecule has 0 atom stereocenters. The lowest BCUT2D eigenvalue weighted by molar-refractivity contribution is 0.0785. The molecule has 3 nitrogen and oxygen atoms in total. The van der Waals surface area contributed by atoms with E-state index in [1.807, 2.05) is 25.1 Å². The molecule has 1 heterocycles. The van der Waals surface area contributed by atoms with Crippen LogP contribution in [-0.4, -0.2) is 22.8 Å². The fraction of sp³-hybridized carbons (Fsp3) is 0.200. The summed E-state index contributed by atoms with van der Waals surface area (Å²) in [4.78, 5) is 17.8. The van der Waals surface area contributed by atoms with Crippen LogP contribution in [0.3, 0.4) is 0 Å². The van der Waals surface area contributed by atoms with E-state index >= 15 is 0 Å². The molecule has 1 aromatic heterocycles. The number of carbonyl (C=O) groups is 1. The van der Waals surface area contributed by atoms with Crippen molar-refractivity contribution in [3.05, 3.63) is 64.4 Å². The number of benzene rings is 1. The van der Waals surface area contributed by atoms with Crippen LogP contribution >= 0.6 is 11.6 Å². The molecular formula is C15H15ClN2O. The molecule has 0 radical (unpaired) electrons. The number of halogens is 1. The van der Waals surface area contributed by atoms with Crippen LogP contribution in [0.1, 0.15) is 21.5 Å². The van der Waals surface area contributed by atoms with Gasteiger partial charge in [-0.25, -0.2) is 4.98 Å². The van der Waals surface area contributed by atoms with Crippen molar-refractivity contribution in [1.29, 1.82) is 0 Å². The molecule has 0 saturated carbocycles. The highest BCUT2D eigenvalue weighted by atomic mass is 35.5. The fourth-order valence-corrected chi connectivity index (χ4v) is 2.09. The molecule has 0 N–H and O–H groups in total. The van der Waals surface area contributed by atoms with Crippen LogP contribution in [0.25, 0.3) is 0 Å². The van der Waals surface area contributed by atoms with E-state index < -0.39 is 0 Å². The number of rotatable bonds is 3. The maximum atomic E-state index is 12.2. The normalized spacial score (nSPS) is 10.3. The minimum Gasteiger partial charge on any atom is -0.337 e. The first kappa shape index (κ1) is 13.6. The number of pyridine rings is 1. The van der Waals surface area contributed by atoms with Crippen LogP contribution in [0.2, 0.25) is 5.15 Å². The van der Waals surface area contributed by atoms with Gasteiger partial charge in [-0.2, -0.15) is 0 Å². The van der Waals surface area contributed by atoms with Gasteiger partial charge in [-0.15, -0.1) is 0 Å². The summed E-state index contributed by atoms with van der Waals surface area (Å²) >= 11 is 5.79. The Hall–Kier alpha value is -1.87. The zero-order chi connectivity index (χ0) is 13.8. The molecule has 1 amide bonds. The van der Waals surface area contributed by atoms with Gasteiger partial charge in [-0.1, -0.05) is 41.4 Å². The van der Waals surface area contributed by atoms with Gasteiger partial charge in [0.2, 0.25) is 0 Å². The average molecular weight is 275 g/mol. The van der Waals surface area contributed by atoms with E-state index in [0.717, 1.165) is 5.56 Å². The lowest BCUT2D eigenvalue weighted by Crippen LogP contribution is -2.26. The Labute approximate surface area is 117 Å². The number of nitrogens with zero attached hydrogens (tertiary/aromatic N) is 2. The predicted octanol–water partition coefficient (Wildman–Crippen LogP) is 3.32. The molecule has 0 aliphatic carbocycles. The van der Waals surface area contributed by atoms with Gasteiger partial charge in [-0.05, 0) is 24.6 Å². The summed E-state index contributed by atoms with van der Waals surface area (Å²) in [6, 6.07) is 11.4. The Morgan fingerprint density at radius 3 is 2.79 bits per heavy atom. The zero-order valence-electron chi connectivity index (χ0n) is 10.9. The second-order valence-electron chi connectivity index (χ2n) is 4.52. The summed E-state index contributed by atoms with van der Waals surface area (Å²) < 4.78 is 0. The van der Waals surface area contributed by atoms with Crippen molar-refractivity contribution >= 4 is 17.5 Å². The van der Waals surface area contributed by atoms with E-state index in [2.05, 4.69) is 11.1 Å². The largest absolute Gasteiger partial charge is 0.337 e. The second-order valence-corrected chi connectivity index (χ2v) is 4.90. The van der Waals surface area contributed by atoms with E-state index in [0.29, 0.717) is 17.3 Å². The van der Waals surface area contributed by atoms with Crippen molar-refractivity contribution in [3.63, 3.8) is 0 Å². The molecule has 0 spiro atoms. The van der Waals surface area contributed by atoms with Gasteiger partial charge in [0.15, 0.2) is 0 Å². The number of amides is 1. The number of aromatic nitrogens is 1. The van der Waals surface area contributed by atoms with Gasteiger partial charge in [0.1, 0.15) is 5.15 Å². The van der Waals surface area contributed by atoms with Crippen molar-refractivity contribution < 1.29 is 4.79 Å². The molecule has 0 aliphatic rings. The number of hydrogen-bond donors (Lipinski definition) is 0. The van der Waals surface area contributed by atoms with Crippen LogP contribution in [-0.2, 0) is 6.54 Å². The van der Waals surface area contributed by atoms with Crippen molar-refractivity contribution in [3.8, 4) is 0 Å². The Kier molecular flexibility index (Phi) is 4.17. The Morgan fingerprint density at radius 1 is 1.32 bits per heavy atom. The summed E-state index contributed by atoms with van der Waals surface area (Å²) in [6.45, 7) is 2.61. The number of carbonyl (C=O) groups excluding carboxylic acids is 1. The molecule has 0 aliphatic heterocycles. The van der Waals surface area contributed by atoms with Crippen molar-refractivity contribution in [1.82, 2.24) is 9.88 Å². The summed E-state index contributed by atoms with van der Waals surface area (Å²) in [7, 11) is 1.78. The Morgan fingerprint density at radius 2 is 2.11 bits per heavy atom. The molecule has 0 bridgehead atoms. The molecular weight excluding hydrogens is 260 g/mol. The van der Waals surface area contributed by atoms with Crippen molar-refractivity contribution in [2.75, 3.05) is 7.05 Å². The first-order valence-electron chi connectivity index (χ1n) is 5.99. The van der Waals surface area contributed by atoms with E-state index in [1.54, 1.807) is 24.1 Å². The van der Waals surface area contributed by atoms with E-state index in [-0.39, 0.29) is 5.91 Å². The maximum Gasteiger partial charge on any atom is 0.254 e. The lowest BCUT2D eigenvalue weighted by Gasteiger charge is -2.17. The quantitative estimate of drug-likeness (QED) is 0.805. The third-order valence-corrected chi connectivity index (χ3v) is 3.03. The minimum absolute atomic E-state index is 0.0641. The summed E-state index contributed by atoms with van der Waals surface area (Å²) in [5, 5.41) is 0.329. The van der Waals surface area contributed by atoms with E-state index in [1.165, 1.54) is 11.8 Å². The number of hydrogen-bond acceptors (Lipinski definition) is 2. The first-order valence-corrected chi connectivity index (χ1v) is 6.36. The topological polar surface area (TPSA) is 33.2 Å². The standard InChI is InChI=1S/C15H15ClN2O/c1-11-4-3-5-12(8-11)10-18(2)15(19)13-6-7-17-14(16)9-13/h3-9H,10H2,1-2H3. The van der Waals surface area contributed by atoms with Crippen LogP contribution in [0.5, 0.6) is 0 Å². The fourth-order valence-electron chi connectivity index (χ4n) is 1.91. The molecule has 0 unspecified atom stereocenters. The molecule has 2 aromatic rings. The van der Waals surface area contributed by atoms with Crippen LogP contribution in [0.4, 0.5) is 0 Å². The SMILES string of the molecule is Cc1cccc(CN(C)C(=O)c2ccnc(Cl)c2)c1. The molecule has 2 rings (SSSR count). The molecule has 4 heteroatoms. The predicted molar refractivity (Wildman–Crippen MR) is 76.2 cm³/mol. The van der Waals surface area contributed by atoms with Crippen LogP contribution in [0, 0.1) is 6.92 Å². The monoisotopic (exact) mass is 274 g/mol. The maximum absolute atomic E-state index is 12.2. The van der Waals surface area contributed by atoms with Crippen LogP contribution < -0.4 is 0 Å².